The van der Waals surface area contributed by atoms with Crippen LogP contribution in [0.15, 0.2) is 24.3 Å². The van der Waals surface area contributed by atoms with E-state index >= 15 is 0 Å². The van der Waals surface area contributed by atoms with Crippen molar-refractivity contribution in [1.82, 2.24) is 5.32 Å². The Morgan fingerprint density at radius 3 is 2.55 bits per heavy atom. The highest BCUT2D eigenvalue weighted by molar-refractivity contribution is 7.85. The smallest absolute Gasteiger partial charge is 0.264 e. The molecule has 1 aromatic rings. The molecule has 1 aromatic carbocycles. The molecule has 0 spiro atoms. The van der Waals surface area contributed by atoms with Crippen molar-refractivity contribution in [2.24, 2.45) is 0 Å². The van der Waals surface area contributed by atoms with Crippen molar-refractivity contribution < 1.29 is 22.4 Å². The molecule has 0 aliphatic heterocycles. The number of nitrogens with one attached hydrogen (secondary N) is 1. The normalized spacial score (nSPS) is 13.9. The first kappa shape index (κ1) is 18.9. The molecule has 7 heteroatoms. The monoisotopic (exact) mass is 331 g/mol. The summed E-state index contributed by atoms with van der Waals surface area (Å²) in [6, 6.07) is 7.63. The first-order valence-corrected chi connectivity index (χ1v) is 8.67. The highest BCUT2D eigenvalue weighted by Gasteiger charge is 2.30. The van der Waals surface area contributed by atoms with Gasteiger partial charge in [-0.3, -0.25) is 4.55 Å². The van der Waals surface area contributed by atoms with Crippen LogP contribution in [0, 0.1) is 0 Å². The molecule has 2 N–H and O–H groups in total. The average Bonchev–Trinajstić information content (AvgIpc) is 2.43. The number of benzene rings is 1. The zero-order chi connectivity index (χ0) is 16.8. The van der Waals surface area contributed by atoms with Crippen LogP contribution < -0.4 is 10.1 Å². The molecule has 0 aliphatic carbocycles. The summed E-state index contributed by atoms with van der Waals surface area (Å²) in [6.45, 7) is 4.42. The third kappa shape index (κ3) is 5.92. The summed E-state index contributed by atoms with van der Waals surface area (Å²) in [5.41, 5.74) is 0.550. The zero-order valence-corrected chi connectivity index (χ0v) is 14.3. The van der Waals surface area contributed by atoms with Crippen molar-refractivity contribution >= 4 is 10.1 Å². The van der Waals surface area contributed by atoms with Crippen molar-refractivity contribution in [2.75, 3.05) is 26.5 Å². The molecule has 0 saturated carbocycles. The van der Waals surface area contributed by atoms with Crippen LogP contribution in [0.1, 0.15) is 31.9 Å². The van der Waals surface area contributed by atoms with E-state index in [0.717, 1.165) is 11.3 Å². The van der Waals surface area contributed by atoms with Crippen molar-refractivity contribution in [3.8, 4) is 5.75 Å². The van der Waals surface area contributed by atoms with Crippen LogP contribution in [-0.4, -0.2) is 45.0 Å². The van der Waals surface area contributed by atoms with Gasteiger partial charge in [0, 0.05) is 12.6 Å². The van der Waals surface area contributed by atoms with Gasteiger partial charge in [0.25, 0.3) is 10.1 Å². The predicted octanol–water partition coefficient (Wildman–Crippen LogP) is 2.03. The molecular formula is C15H25NO5S. The van der Waals surface area contributed by atoms with Gasteiger partial charge in [-0.15, -0.1) is 0 Å². The molecule has 1 unspecified atom stereocenters. The van der Waals surface area contributed by atoms with E-state index in [1.165, 1.54) is 0 Å². The predicted molar refractivity (Wildman–Crippen MR) is 85.9 cm³/mol. The molecule has 0 saturated heterocycles. The second-order valence-corrected chi connectivity index (χ2v) is 7.25. The van der Waals surface area contributed by atoms with Gasteiger partial charge in [0.1, 0.15) is 5.75 Å². The molecule has 1 atom stereocenters. The lowest BCUT2D eigenvalue weighted by molar-refractivity contribution is 0.0313. The number of ether oxygens (including phenoxy) is 2. The average molecular weight is 331 g/mol. The maximum atomic E-state index is 10.7. The Morgan fingerprint density at radius 1 is 1.32 bits per heavy atom. The third-order valence-electron chi connectivity index (χ3n) is 3.45. The van der Waals surface area contributed by atoms with Gasteiger partial charge in [-0.2, -0.15) is 8.42 Å². The van der Waals surface area contributed by atoms with Crippen molar-refractivity contribution in [2.45, 2.75) is 31.9 Å². The van der Waals surface area contributed by atoms with E-state index in [0.29, 0.717) is 13.0 Å². The van der Waals surface area contributed by atoms with Crippen LogP contribution in [-0.2, 0) is 14.9 Å². The summed E-state index contributed by atoms with van der Waals surface area (Å²) in [6.07, 6.45) is 0.102. The molecule has 6 nitrogen and oxygen atoms in total. The lowest BCUT2D eigenvalue weighted by atomic mass is 9.90. The van der Waals surface area contributed by atoms with E-state index < -0.39 is 15.7 Å². The topological polar surface area (TPSA) is 84.9 Å². The fraction of sp³-hybridized carbons (Fsp3) is 0.600. The second-order valence-electron chi connectivity index (χ2n) is 5.68. The number of rotatable bonds is 9. The van der Waals surface area contributed by atoms with E-state index in [9.17, 15) is 8.42 Å². The number of hydrogen-bond acceptors (Lipinski definition) is 5. The van der Waals surface area contributed by atoms with Gasteiger partial charge in [0.15, 0.2) is 0 Å². The molecule has 0 fully saturated rings. The maximum Gasteiger partial charge on any atom is 0.264 e. The molecule has 0 bridgehead atoms. The van der Waals surface area contributed by atoms with Gasteiger partial charge in [0.2, 0.25) is 0 Å². The largest absolute Gasteiger partial charge is 0.497 e. The van der Waals surface area contributed by atoms with Crippen molar-refractivity contribution in [3.05, 3.63) is 29.8 Å². The summed E-state index contributed by atoms with van der Waals surface area (Å²) < 4.78 is 41.0. The van der Waals surface area contributed by atoms with Gasteiger partial charge in [-0.25, -0.2) is 0 Å². The summed E-state index contributed by atoms with van der Waals surface area (Å²) in [7, 11) is -0.675. The third-order valence-corrected chi connectivity index (χ3v) is 4.25. The van der Waals surface area contributed by atoms with Gasteiger partial charge in [0.05, 0.1) is 19.0 Å². The fourth-order valence-corrected chi connectivity index (χ4v) is 2.92. The Balaban J connectivity index is 2.74. The lowest BCUT2D eigenvalue weighted by Crippen LogP contribution is -2.46. The molecule has 1 rings (SSSR count). The van der Waals surface area contributed by atoms with Crippen molar-refractivity contribution in [3.63, 3.8) is 0 Å². The molecule has 0 aliphatic rings. The highest BCUT2D eigenvalue weighted by Crippen LogP contribution is 2.30. The van der Waals surface area contributed by atoms with Crippen LogP contribution in [0.5, 0.6) is 5.75 Å². The SMILES string of the molecule is COc1cccc(C(OC)C(C)(C)NCCCS(=O)(=O)O)c1. The van der Waals surface area contributed by atoms with Gasteiger partial charge in [-0.1, -0.05) is 12.1 Å². The Hall–Kier alpha value is -1.15. The Bertz CT molecular complexity index is 571. The Kier molecular flexibility index (Phi) is 6.80. The minimum atomic E-state index is -3.92. The summed E-state index contributed by atoms with van der Waals surface area (Å²) in [5, 5.41) is 3.28. The molecule has 22 heavy (non-hydrogen) atoms. The van der Waals surface area contributed by atoms with Crippen LogP contribution in [0.4, 0.5) is 0 Å². The quantitative estimate of drug-likeness (QED) is 0.532. The first-order chi connectivity index (χ1) is 10.2. The van der Waals surface area contributed by atoms with E-state index in [-0.39, 0.29) is 11.9 Å². The summed E-state index contributed by atoms with van der Waals surface area (Å²) in [5.74, 6) is 0.495. The van der Waals surface area contributed by atoms with Crippen LogP contribution in [0.2, 0.25) is 0 Å². The molecule has 0 heterocycles. The van der Waals surface area contributed by atoms with Gasteiger partial charge < -0.3 is 14.8 Å². The summed E-state index contributed by atoms with van der Waals surface area (Å²) >= 11 is 0. The lowest BCUT2D eigenvalue weighted by Gasteiger charge is -2.35. The fourth-order valence-electron chi connectivity index (χ4n) is 2.41. The molecule has 0 radical (unpaired) electrons. The Morgan fingerprint density at radius 2 is 2.00 bits per heavy atom. The zero-order valence-electron chi connectivity index (χ0n) is 13.5. The van der Waals surface area contributed by atoms with E-state index in [2.05, 4.69) is 5.32 Å². The van der Waals surface area contributed by atoms with E-state index in [1.807, 2.05) is 38.1 Å². The van der Waals surface area contributed by atoms with Crippen LogP contribution >= 0.6 is 0 Å². The summed E-state index contributed by atoms with van der Waals surface area (Å²) in [4.78, 5) is 0. The minimum Gasteiger partial charge on any atom is -0.497 e. The van der Waals surface area contributed by atoms with E-state index in [4.69, 9.17) is 14.0 Å². The molecule has 126 valence electrons. The molecule has 0 aromatic heterocycles. The van der Waals surface area contributed by atoms with Crippen molar-refractivity contribution in [1.29, 1.82) is 0 Å². The molecule has 0 amide bonds. The molecular weight excluding hydrogens is 306 g/mol. The Labute approximate surface area is 132 Å². The van der Waals surface area contributed by atoms with Crippen LogP contribution in [0.25, 0.3) is 0 Å². The van der Waals surface area contributed by atoms with Crippen LogP contribution in [0.3, 0.4) is 0 Å². The maximum absolute atomic E-state index is 10.7. The standard InChI is InChI=1S/C15H25NO5S/c1-15(2,16-9-6-10-22(17,18)19)14(21-4)12-7-5-8-13(11-12)20-3/h5,7-8,11,14,16H,6,9-10H2,1-4H3,(H,17,18,19). The van der Waals surface area contributed by atoms with E-state index in [1.54, 1.807) is 14.2 Å². The number of methoxy groups -OCH3 is 2. The first-order valence-electron chi connectivity index (χ1n) is 7.06. The minimum absolute atomic E-state index is 0.228. The second kappa shape index (κ2) is 7.92. The van der Waals surface area contributed by atoms with Gasteiger partial charge in [-0.05, 0) is 44.5 Å². The number of hydrogen-bond donors (Lipinski definition) is 2. The highest BCUT2D eigenvalue weighted by atomic mass is 32.2. The van der Waals surface area contributed by atoms with Gasteiger partial charge >= 0.3 is 0 Å².